The first-order valence-corrected chi connectivity index (χ1v) is 8.17. The Balaban J connectivity index is 2.43. The fourth-order valence-corrected chi connectivity index (χ4v) is 2.70. The van der Waals surface area contributed by atoms with E-state index < -0.39 is 32.5 Å². The smallest absolute Gasteiger partial charge is 0.344 e. The average Bonchev–Trinajstić information content (AvgIpc) is 2.44. The highest BCUT2D eigenvalue weighted by molar-refractivity contribution is 7.85. The highest BCUT2D eigenvalue weighted by atomic mass is 32.2. The second-order valence-electron chi connectivity index (χ2n) is 5.20. The summed E-state index contributed by atoms with van der Waals surface area (Å²) in [7, 11) is -4.59. The van der Waals surface area contributed by atoms with Crippen LogP contribution in [0.5, 0.6) is 5.75 Å². The second kappa shape index (κ2) is 6.42. The predicted molar refractivity (Wildman–Crippen MR) is 84.1 cm³/mol. The number of rotatable bonds is 4. The summed E-state index contributed by atoms with van der Waals surface area (Å²) in [5.41, 5.74) is 0.810. The molecule has 0 atom stereocenters. The molecule has 0 unspecified atom stereocenters. The molecule has 2 rings (SSSR count). The van der Waals surface area contributed by atoms with Gasteiger partial charge < -0.3 is 9.84 Å². The van der Waals surface area contributed by atoms with Gasteiger partial charge in [-0.05, 0) is 55.3 Å². The predicted octanol–water partition coefficient (Wildman–Crippen LogP) is 2.47. The van der Waals surface area contributed by atoms with Gasteiger partial charge in [0.2, 0.25) is 0 Å². The summed E-state index contributed by atoms with van der Waals surface area (Å²) in [6, 6.07) is 7.71. The zero-order valence-electron chi connectivity index (χ0n) is 12.8. The van der Waals surface area contributed by atoms with E-state index >= 15 is 0 Å². The molecule has 0 heterocycles. The van der Waals surface area contributed by atoms with Crippen LogP contribution in [0.15, 0.2) is 41.3 Å². The Morgan fingerprint density at radius 2 is 1.54 bits per heavy atom. The third-order valence-corrected chi connectivity index (χ3v) is 3.99. The van der Waals surface area contributed by atoms with Crippen molar-refractivity contribution in [2.75, 3.05) is 0 Å². The number of aryl methyl sites for hydroxylation is 2. The van der Waals surface area contributed by atoms with E-state index in [4.69, 9.17) is 9.29 Å². The third-order valence-electron chi connectivity index (χ3n) is 3.14. The first-order chi connectivity index (χ1) is 11.1. The van der Waals surface area contributed by atoms with E-state index in [-0.39, 0.29) is 11.3 Å². The van der Waals surface area contributed by atoms with Crippen LogP contribution in [-0.4, -0.2) is 30.0 Å². The van der Waals surface area contributed by atoms with Crippen molar-refractivity contribution in [2.24, 2.45) is 0 Å². The first kappa shape index (κ1) is 17.6. The van der Waals surface area contributed by atoms with Crippen LogP contribution < -0.4 is 4.74 Å². The van der Waals surface area contributed by atoms with Gasteiger partial charge in [0.25, 0.3) is 10.1 Å². The molecular weight excluding hydrogens is 336 g/mol. The molecule has 0 aliphatic carbocycles. The van der Waals surface area contributed by atoms with E-state index in [2.05, 4.69) is 0 Å². The molecule has 8 heteroatoms. The number of carboxylic acid groups (broad SMARTS) is 1. The number of hydrogen-bond donors (Lipinski definition) is 2. The van der Waals surface area contributed by atoms with Gasteiger partial charge in [-0.1, -0.05) is 6.07 Å². The number of aromatic carboxylic acids is 1. The van der Waals surface area contributed by atoms with Gasteiger partial charge in [-0.2, -0.15) is 8.42 Å². The second-order valence-corrected chi connectivity index (χ2v) is 6.62. The largest absolute Gasteiger partial charge is 0.478 e. The van der Waals surface area contributed by atoms with Gasteiger partial charge in [-0.25, -0.2) is 9.59 Å². The molecule has 2 N–H and O–H groups in total. The van der Waals surface area contributed by atoms with E-state index in [0.29, 0.717) is 6.07 Å². The molecule has 126 valence electrons. The number of carbonyl (C=O) groups excluding carboxylic acids is 1. The normalized spacial score (nSPS) is 11.1. The Kier molecular flexibility index (Phi) is 4.72. The highest BCUT2D eigenvalue weighted by Crippen LogP contribution is 2.21. The molecule has 0 saturated carbocycles. The highest BCUT2D eigenvalue weighted by Gasteiger charge is 2.22. The lowest BCUT2D eigenvalue weighted by Crippen LogP contribution is -2.15. The molecule has 0 aliphatic heterocycles. The summed E-state index contributed by atoms with van der Waals surface area (Å²) in [4.78, 5) is 22.9. The zero-order chi connectivity index (χ0) is 18.1. The molecule has 0 fully saturated rings. The maximum Gasteiger partial charge on any atom is 0.344 e. The monoisotopic (exact) mass is 350 g/mol. The number of esters is 1. The van der Waals surface area contributed by atoms with Crippen molar-refractivity contribution in [1.82, 2.24) is 0 Å². The van der Waals surface area contributed by atoms with Gasteiger partial charge in [0.05, 0.1) is 16.0 Å². The van der Waals surface area contributed by atoms with Crippen LogP contribution >= 0.6 is 0 Å². The molecule has 0 amide bonds. The number of carbonyl (C=O) groups is 2. The molecule has 0 aliphatic rings. The van der Waals surface area contributed by atoms with Crippen molar-refractivity contribution in [3.05, 3.63) is 58.7 Å². The van der Waals surface area contributed by atoms with Crippen molar-refractivity contribution in [2.45, 2.75) is 18.7 Å². The minimum atomic E-state index is -4.59. The van der Waals surface area contributed by atoms with Crippen molar-refractivity contribution in [3.63, 3.8) is 0 Å². The Hall–Kier alpha value is -2.71. The van der Waals surface area contributed by atoms with Crippen LogP contribution in [0.1, 0.15) is 31.8 Å². The quantitative estimate of drug-likeness (QED) is 0.494. The van der Waals surface area contributed by atoms with Crippen LogP contribution in [0.25, 0.3) is 0 Å². The number of carboxylic acids is 1. The van der Waals surface area contributed by atoms with Crippen LogP contribution in [0.2, 0.25) is 0 Å². The number of ether oxygens (including phenoxy) is 1. The molecule has 0 bridgehead atoms. The standard InChI is InChI=1S/C16H14O7S/c1-9-5-10(2)7-11(6-9)23-16(19)13-4-3-12(24(20,21)22)8-14(13)15(17)18/h3-8H,1-2H3,(H,17,18)(H,20,21,22). The first-order valence-electron chi connectivity index (χ1n) is 6.73. The summed E-state index contributed by atoms with van der Waals surface area (Å²) >= 11 is 0. The Labute approximate surface area is 138 Å². The molecule has 24 heavy (non-hydrogen) atoms. The van der Waals surface area contributed by atoms with Gasteiger partial charge in [0, 0.05) is 0 Å². The SMILES string of the molecule is Cc1cc(C)cc(OC(=O)c2ccc(S(=O)(=O)O)cc2C(=O)O)c1. The van der Waals surface area contributed by atoms with Gasteiger partial charge in [0.15, 0.2) is 0 Å². The van der Waals surface area contributed by atoms with Crippen LogP contribution in [-0.2, 0) is 10.1 Å². The summed E-state index contributed by atoms with van der Waals surface area (Å²) in [6.07, 6.45) is 0. The van der Waals surface area contributed by atoms with Crippen LogP contribution in [0.4, 0.5) is 0 Å². The van der Waals surface area contributed by atoms with E-state index in [1.54, 1.807) is 12.1 Å². The summed E-state index contributed by atoms with van der Waals surface area (Å²) in [5.74, 6) is -2.22. The molecule has 2 aromatic carbocycles. The van der Waals surface area contributed by atoms with Crippen LogP contribution in [0.3, 0.4) is 0 Å². The minimum Gasteiger partial charge on any atom is -0.478 e. The summed E-state index contributed by atoms with van der Waals surface area (Å²) < 4.78 is 36.4. The van der Waals surface area contributed by atoms with Crippen molar-refractivity contribution >= 4 is 22.1 Å². The summed E-state index contributed by atoms with van der Waals surface area (Å²) in [6.45, 7) is 3.63. The van der Waals surface area contributed by atoms with Gasteiger partial charge in [0.1, 0.15) is 5.75 Å². The Bertz CT molecular complexity index is 909. The van der Waals surface area contributed by atoms with E-state index in [0.717, 1.165) is 23.3 Å². The van der Waals surface area contributed by atoms with Gasteiger partial charge >= 0.3 is 11.9 Å². The third kappa shape index (κ3) is 3.98. The molecule has 2 aromatic rings. The minimum absolute atomic E-state index is 0.243. The van der Waals surface area contributed by atoms with Crippen molar-refractivity contribution in [3.8, 4) is 5.75 Å². The van der Waals surface area contributed by atoms with Gasteiger partial charge in [-0.15, -0.1) is 0 Å². The lowest BCUT2D eigenvalue weighted by atomic mass is 10.1. The van der Waals surface area contributed by atoms with E-state index in [1.165, 1.54) is 0 Å². The Morgan fingerprint density at radius 3 is 2.04 bits per heavy atom. The van der Waals surface area contributed by atoms with Crippen molar-refractivity contribution in [1.29, 1.82) is 0 Å². The van der Waals surface area contributed by atoms with Crippen LogP contribution in [0, 0.1) is 13.8 Å². The van der Waals surface area contributed by atoms with Gasteiger partial charge in [-0.3, -0.25) is 4.55 Å². The average molecular weight is 350 g/mol. The molecule has 0 radical (unpaired) electrons. The lowest BCUT2D eigenvalue weighted by Gasteiger charge is -2.09. The molecule has 0 saturated heterocycles. The molecule has 0 aromatic heterocycles. The Morgan fingerprint density at radius 1 is 0.958 bits per heavy atom. The summed E-state index contributed by atoms with van der Waals surface area (Å²) in [5, 5.41) is 9.17. The number of benzene rings is 2. The zero-order valence-corrected chi connectivity index (χ0v) is 13.6. The molecule has 7 nitrogen and oxygen atoms in total. The maximum absolute atomic E-state index is 12.2. The fourth-order valence-electron chi connectivity index (χ4n) is 2.19. The maximum atomic E-state index is 12.2. The van der Waals surface area contributed by atoms with E-state index in [1.807, 2.05) is 19.9 Å². The van der Waals surface area contributed by atoms with E-state index in [9.17, 15) is 23.1 Å². The lowest BCUT2D eigenvalue weighted by molar-refractivity contribution is 0.0667. The van der Waals surface area contributed by atoms with Crippen molar-refractivity contribution < 1.29 is 32.4 Å². The number of hydrogen-bond acceptors (Lipinski definition) is 5. The molecule has 0 spiro atoms. The fraction of sp³-hybridized carbons (Fsp3) is 0.125. The molecular formula is C16H14O7S. The topological polar surface area (TPSA) is 118 Å².